The molecule has 1 aromatic rings. The van der Waals surface area contributed by atoms with Gasteiger partial charge < -0.3 is 16.2 Å². The Morgan fingerprint density at radius 1 is 1.44 bits per heavy atom. The van der Waals surface area contributed by atoms with Crippen molar-refractivity contribution in [2.75, 3.05) is 12.3 Å². The molecule has 0 atom stereocenters. The van der Waals surface area contributed by atoms with Crippen LogP contribution in [-0.4, -0.2) is 23.2 Å². The Labute approximate surface area is 105 Å². The van der Waals surface area contributed by atoms with Crippen molar-refractivity contribution in [2.24, 2.45) is 0 Å². The highest BCUT2D eigenvalue weighted by atomic mass is 19.1. The quantitative estimate of drug-likeness (QED) is 0.712. The van der Waals surface area contributed by atoms with Crippen LogP contribution in [0.15, 0.2) is 18.2 Å². The van der Waals surface area contributed by atoms with Gasteiger partial charge in [0.05, 0.1) is 11.2 Å². The average Bonchev–Trinajstić information content (AvgIpc) is 2.77. The van der Waals surface area contributed by atoms with Crippen LogP contribution in [0.3, 0.4) is 0 Å². The molecule has 98 valence electrons. The second-order valence-corrected chi connectivity index (χ2v) is 4.85. The van der Waals surface area contributed by atoms with E-state index in [9.17, 15) is 14.3 Å². The number of rotatable bonds is 3. The Hall–Kier alpha value is -1.62. The molecule has 4 nitrogen and oxygen atoms in total. The molecule has 1 saturated carbocycles. The zero-order chi connectivity index (χ0) is 13.2. The van der Waals surface area contributed by atoms with Crippen LogP contribution in [0.1, 0.15) is 36.0 Å². The van der Waals surface area contributed by atoms with Gasteiger partial charge in [0.1, 0.15) is 5.82 Å². The number of nitrogen functional groups attached to an aromatic ring is 1. The topological polar surface area (TPSA) is 75.4 Å². The zero-order valence-corrected chi connectivity index (χ0v) is 10.1. The van der Waals surface area contributed by atoms with Gasteiger partial charge in [-0.25, -0.2) is 4.39 Å². The minimum atomic E-state index is -0.841. The van der Waals surface area contributed by atoms with E-state index < -0.39 is 17.3 Å². The van der Waals surface area contributed by atoms with Gasteiger partial charge in [0.15, 0.2) is 0 Å². The summed E-state index contributed by atoms with van der Waals surface area (Å²) in [6.45, 7) is 0.153. The Kier molecular flexibility index (Phi) is 3.52. The first kappa shape index (κ1) is 12.8. The maximum absolute atomic E-state index is 13.4. The van der Waals surface area contributed by atoms with Crippen LogP contribution in [-0.2, 0) is 0 Å². The summed E-state index contributed by atoms with van der Waals surface area (Å²) < 4.78 is 13.4. The monoisotopic (exact) mass is 252 g/mol. The molecule has 0 aromatic heterocycles. The second kappa shape index (κ2) is 4.94. The summed E-state index contributed by atoms with van der Waals surface area (Å²) in [6, 6.07) is 3.86. The third-order valence-corrected chi connectivity index (χ3v) is 3.35. The highest BCUT2D eigenvalue weighted by molar-refractivity contribution is 5.95. The summed E-state index contributed by atoms with van der Waals surface area (Å²) in [5.41, 5.74) is 4.92. The van der Waals surface area contributed by atoms with Gasteiger partial charge in [-0.05, 0) is 31.0 Å². The molecule has 0 radical (unpaired) electrons. The fourth-order valence-corrected chi connectivity index (χ4v) is 2.27. The first-order chi connectivity index (χ1) is 8.50. The number of hydrogen-bond acceptors (Lipinski definition) is 3. The van der Waals surface area contributed by atoms with Gasteiger partial charge in [0.25, 0.3) is 5.91 Å². The third kappa shape index (κ3) is 2.79. The summed E-state index contributed by atoms with van der Waals surface area (Å²) >= 11 is 0. The molecule has 1 fully saturated rings. The SMILES string of the molecule is Nc1ccc(F)c(C(=O)NCC2(O)CCCC2)c1. The van der Waals surface area contributed by atoms with Crippen LogP contribution in [0.25, 0.3) is 0 Å². The first-order valence-electron chi connectivity index (χ1n) is 6.06. The highest BCUT2D eigenvalue weighted by Crippen LogP contribution is 2.28. The average molecular weight is 252 g/mol. The van der Waals surface area contributed by atoms with Crippen LogP contribution in [0, 0.1) is 5.82 Å². The van der Waals surface area contributed by atoms with Crippen molar-refractivity contribution >= 4 is 11.6 Å². The minimum absolute atomic E-state index is 0.0865. The molecule has 1 aliphatic carbocycles. The smallest absolute Gasteiger partial charge is 0.254 e. The number of anilines is 1. The summed E-state index contributed by atoms with van der Waals surface area (Å²) in [4.78, 5) is 11.8. The van der Waals surface area contributed by atoms with Gasteiger partial charge in [-0.2, -0.15) is 0 Å². The Morgan fingerprint density at radius 3 is 2.78 bits per heavy atom. The van der Waals surface area contributed by atoms with Crippen LogP contribution in [0.4, 0.5) is 10.1 Å². The minimum Gasteiger partial charge on any atom is -0.399 e. The molecule has 1 aliphatic rings. The van der Waals surface area contributed by atoms with Crippen LogP contribution >= 0.6 is 0 Å². The normalized spacial score (nSPS) is 17.7. The van der Waals surface area contributed by atoms with Crippen molar-refractivity contribution in [3.63, 3.8) is 0 Å². The molecule has 0 heterocycles. The van der Waals surface area contributed by atoms with E-state index in [-0.39, 0.29) is 12.1 Å². The van der Waals surface area contributed by atoms with Crippen LogP contribution < -0.4 is 11.1 Å². The standard InChI is InChI=1S/C13H17FN2O2/c14-11-4-3-9(15)7-10(11)12(17)16-8-13(18)5-1-2-6-13/h3-4,7,18H,1-2,5-6,8,15H2,(H,16,17). The molecular formula is C13H17FN2O2. The van der Waals surface area contributed by atoms with Crippen molar-refractivity contribution < 1.29 is 14.3 Å². The Balaban J connectivity index is 2.01. The van der Waals surface area contributed by atoms with Gasteiger partial charge in [-0.1, -0.05) is 12.8 Å². The predicted molar refractivity (Wildman–Crippen MR) is 66.6 cm³/mol. The summed E-state index contributed by atoms with van der Waals surface area (Å²) in [6.07, 6.45) is 3.26. The molecule has 18 heavy (non-hydrogen) atoms. The van der Waals surface area contributed by atoms with Crippen molar-refractivity contribution in [1.29, 1.82) is 0 Å². The lowest BCUT2D eigenvalue weighted by Crippen LogP contribution is -2.41. The van der Waals surface area contributed by atoms with E-state index in [1.807, 2.05) is 0 Å². The fraction of sp³-hybridized carbons (Fsp3) is 0.462. The number of carbonyl (C=O) groups is 1. The maximum Gasteiger partial charge on any atom is 0.254 e. The van der Waals surface area contributed by atoms with Gasteiger partial charge in [-0.3, -0.25) is 4.79 Å². The molecular weight excluding hydrogens is 235 g/mol. The summed E-state index contributed by atoms with van der Waals surface area (Å²) in [5, 5.41) is 12.6. The zero-order valence-electron chi connectivity index (χ0n) is 10.1. The number of halogens is 1. The number of hydrogen-bond donors (Lipinski definition) is 3. The molecule has 0 bridgehead atoms. The van der Waals surface area contributed by atoms with Crippen molar-refractivity contribution in [2.45, 2.75) is 31.3 Å². The lowest BCUT2D eigenvalue weighted by atomic mass is 10.0. The molecule has 0 saturated heterocycles. The predicted octanol–water partition coefficient (Wildman–Crippen LogP) is 1.44. The first-order valence-corrected chi connectivity index (χ1v) is 6.06. The number of benzene rings is 1. The number of nitrogens with one attached hydrogen (secondary N) is 1. The highest BCUT2D eigenvalue weighted by Gasteiger charge is 2.31. The molecule has 0 unspecified atom stereocenters. The van der Waals surface area contributed by atoms with Gasteiger partial charge in [0, 0.05) is 12.2 Å². The number of nitrogens with two attached hydrogens (primary N) is 1. The molecule has 0 aliphatic heterocycles. The van der Waals surface area contributed by atoms with Crippen molar-refractivity contribution in [3.05, 3.63) is 29.6 Å². The third-order valence-electron chi connectivity index (χ3n) is 3.35. The van der Waals surface area contributed by atoms with Crippen molar-refractivity contribution in [3.8, 4) is 0 Å². The Bertz CT molecular complexity index is 456. The summed E-state index contributed by atoms with van der Waals surface area (Å²) in [5.74, 6) is -1.15. The number of amides is 1. The summed E-state index contributed by atoms with van der Waals surface area (Å²) in [7, 11) is 0. The van der Waals surface area contributed by atoms with Crippen molar-refractivity contribution in [1.82, 2.24) is 5.32 Å². The number of carbonyl (C=O) groups excluding carboxylic acids is 1. The van der Waals surface area contributed by atoms with E-state index in [1.165, 1.54) is 12.1 Å². The molecule has 4 N–H and O–H groups in total. The number of aliphatic hydroxyl groups is 1. The molecule has 5 heteroatoms. The van der Waals surface area contributed by atoms with Crippen LogP contribution in [0.2, 0.25) is 0 Å². The van der Waals surface area contributed by atoms with E-state index in [1.54, 1.807) is 0 Å². The Morgan fingerprint density at radius 2 is 2.11 bits per heavy atom. The fourth-order valence-electron chi connectivity index (χ4n) is 2.27. The van der Waals surface area contributed by atoms with E-state index in [0.717, 1.165) is 18.9 Å². The van der Waals surface area contributed by atoms with E-state index >= 15 is 0 Å². The van der Waals surface area contributed by atoms with E-state index in [0.29, 0.717) is 18.5 Å². The largest absolute Gasteiger partial charge is 0.399 e. The lowest BCUT2D eigenvalue weighted by Gasteiger charge is -2.22. The van der Waals surface area contributed by atoms with Gasteiger partial charge in [0.2, 0.25) is 0 Å². The second-order valence-electron chi connectivity index (χ2n) is 4.85. The molecule has 1 amide bonds. The van der Waals surface area contributed by atoms with Gasteiger partial charge >= 0.3 is 0 Å². The van der Waals surface area contributed by atoms with Gasteiger partial charge in [-0.15, -0.1) is 0 Å². The molecule has 0 spiro atoms. The molecule has 1 aromatic carbocycles. The van der Waals surface area contributed by atoms with E-state index in [2.05, 4.69) is 5.32 Å². The van der Waals surface area contributed by atoms with E-state index in [4.69, 9.17) is 5.73 Å². The van der Waals surface area contributed by atoms with Crippen LogP contribution in [0.5, 0.6) is 0 Å². The lowest BCUT2D eigenvalue weighted by molar-refractivity contribution is 0.0449. The molecule has 2 rings (SSSR count). The maximum atomic E-state index is 13.4.